The summed E-state index contributed by atoms with van der Waals surface area (Å²) in [5.41, 5.74) is 10.7. The summed E-state index contributed by atoms with van der Waals surface area (Å²) in [5.74, 6) is 1.80. The first-order chi connectivity index (χ1) is 30.7. The Bertz CT molecular complexity index is 3940. The number of aromatic nitrogens is 3. The Morgan fingerprint density at radius 2 is 0.806 bits per heavy atom. The maximum atomic E-state index is 6.31. The summed E-state index contributed by atoms with van der Waals surface area (Å²) in [7, 11) is 0. The predicted octanol–water partition coefficient (Wildman–Crippen LogP) is 15.5. The van der Waals surface area contributed by atoms with Crippen molar-refractivity contribution in [3.8, 4) is 56.4 Å². The molecule has 0 fully saturated rings. The molecule has 0 aliphatic rings. The van der Waals surface area contributed by atoms with Gasteiger partial charge in [0.2, 0.25) is 0 Å². The lowest BCUT2D eigenvalue weighted by Gasteiger charge is -2.14. The standard InChI is InChI=1S/C57H33N3O2/c1-2-11-37-30-38(25-22-34(37)10-1)35-20-23-36(24-21-35)55-58-56(40-27-26-39-32-49-45-14-5-7-17-50(45)62-53(49)33-41(39)31-40)60-57(59-55)47-29-28-44(42-12-3-4-13-43(42)47)46-16-9-19-52-54(46)48-15-6-8-18-51(48)61-52/h1-33H. The SMILES string of the molecule is c1ccc2cc(-c3ccc(-c4nc(-c5ccc6cc7c(cc6c5)oc5ccccc57)nc(-c5ccc(-c6cccc7oc8ccccc8c67)c6ccccc56)n4)cc3)ccc2c1. The molecule has 0 aliphatic heterocycles. The van der Waals surface area contributed by atoms with E-state index in [0.29, 0.717) is 17.5 Å². The number of fused-ring (bicyclic) bond motifs is 9. The number of rotatable bonds is 5. The molecular formula is C57H33N3O2. The zero-order chi connectivity index (χ0) is 40.7. The molecule has 10 aromatic carbocycles. The van der Waals surface area contributed by atoms with E-state index in [0.717, 1.165) is 104 Å². The third-order valence-electron chi connectivity index (χ3n) is 12.3. The molecule has 0 radical (unpaired) electrons. The molecule has 3 heterocycles. The van der Waals surface area contributed by atoms with Crippen LogP contribution in [0.1, 0.15) is 0 Å². The molecule has 0 spiro atoms. The third-order valence-corrected chi connectivity index (χ3v) is 12.3. The highest BCUT2D eigenvalue weighted by Gasteiger charge is 2.19. The molecule has 62 heavy (non-hydrogen) atoms. The van der Waals surface area contributed by atoms with Crippen LogP contribution in [0.2, 0.25) is 0 Å². The number of furan rings is 2. The van der Waals surface area contributed by atoms with E-state index in [1.807, 2.05) is 30.3 Å². The van der Waals surface area contributed by atoms with Gasteiger partial charge in [0.15, 0.2) is 17.5 Å². The van der Waals surface area contributed by atoms with E-state index in [-0.39, 0.29) is 0 Å². The van der Waals surface area contributed by atoms with Crippen LogP contribution in [-0.4, -0.2) is 15.0 Å². The van der Waals surface area contributed by atoms with E-state index in [1.165, 1.54) is 10.8 Å². The van der Waals surface area contributed by atoms with Gasteiger partial charge in [0.1, 0.15) is 22.3 Å². The smallest absolute Gasteiger partial charge is 0.164 e. The zero-order valence-electron chi connectivity index (χ0n) is 33.2. The summed E-state index contributed by atoms with van der Waals surface area (Å²) < 4.78 is 12.6. The minimum Gasteiger partial charge on any atom is -0.456 e. The molecule has 0 aliphatic carbocycles. The van der Waals surface area contributed by atoms with Gasteiger partial charge in [-0.25, -0.2) is 15.0 Å². The van der Waals surface area contributed by atoms with E-state index >= 15 is 0 Å². The Hall–Kier alpha value is -8.41. The largest absolute Gasteiger partial charge is 0.456 e. The minimum absolute atomic E-state index is 0.595. The average Bonchev–Trinajstić information content (AvgIpc) is 3.90. The quantitative estimate of drug-likeness (QED) is 0.174. The maximum absolute atomic E-state index is 6.31. The van der Waals surface area contributed by atoms with Gasteiger partial charge < -0.3 is 8.83 Å². The Balaban J connectivity index is 0.983. The van der Waals surface area contributed by atoms with Crippen molar-refractivity contribution in [3.05, 3.63) is 200 Å². The van der Waals surface area contributed by atoms with E-state index in [4.69, 9.17) is 23.8 Å². The van der Waals surface area contributed by atoms with Gasteiger partial charge in [-0.05, 0) is 103 Å². The van der Waals surface area contributed by atoms with Gasteiger partial charge in [-0.1, -0.05) is 152 Å². The van der Waals surface area contributed by atoms with E-state index in [9.17, 15) is 0 Å². The Morgan fingerprint density at radius 1 is 0.258 bits per heavy atom. The Kier molecular flexibility index (Phi) is 7.54. The molecule has 0 saturated heterocycles. The van der Waals surface area contributed by atoms with Crippen molar-refractivity contribution in [1.29, 1.82) is 0 Å². The van der Waals surface area contributed by atoms with Gasteiger partial charge in [0.05, 0.1) is 0 Å². The van der Waals surface area contributed by atoms with Crippen molar-refractivity contribution in [3.63, 3.8) is 0 Å². The van der Waals surface area contributed by atoms with Gasteiger partial charge in [-0.15, -0.1) is 0 Å². The first-order valence-corrected chi connectivity index (χ1v) is 20.8. The minimum atomic E-state index is 0.595. The summed E-state index contributed by atoms with van der Waals surface area (Å²) >= 11 is 0. The van der Waals surface area contributed by atoms with Crippen molar-refractivity contribution in [2.75, 3.05) is 0 Å². The molecule has 0 saturated carbocycles. The summed E-state index contributed by atoms with van der Waals surface area (Å²) in [6.07, 6.45) is 0. The van der Waals surface area contributed by atoms with Crippen molar-refractivity contribution in [2.45, 2.75) is 0 Å². The highest BCUT2D eigenvalue weighted by atomic mass is 16.3. The highest BCUT2D eigenvalue weighted by Crippen LogP contribution is 2.42. The van der Waals surface area contributed by atoms with Crippen molar-refractivity contribution < 1.29 is 8.83 Å². The van der Waals surface area contributed by atoms with Crippen molar-refractivity contribution in [1.82, 2.24) is 15.0 Å². The molecule has 0 atom stereocenters. The number of benzene rings is 10. The van der Waals surface area contributed by atoms with Crippen LogP contribution in [0.5, 0.6) is 0 Å². The second-order valence-corrected chi connectivity index (χ2v) is 15.9. The number of nitrogens with zero attached hydrogens (tertiary/aromatic N) is 3. The topological polar surface area (TPSA) is 65.0 Å². The monoisotopic (exact) mass is 791 g/mol. The fourth-order valence-electron chi connectivity index (χ4n) is 9.27. The zero-order valence-corrected chi connectivity index (χ0v) is 33.2. The lowest BCUT2D eigenvalue weighted by Crippen LogP contribution is -2.01. The number of hydrogen-bond donors (Lipinski definition) is 0. The van der Waals surface area contributed by atoms with Crippen LogP contribution in [0.4, 0.5) is 0 Å². The molecule has 5 heteroatoms. The van der Waals surface area contributed by atoms with E-state index in [1.54, 1.807) is 0 Å². The molecule has 5 nitrogen and oxygen atoms in total. The van der Waals surface area contributed by atoms with Gasteiger partial charge in [0.25, 0.3) is 0 Å². The summed E-state index contributed by atoms with van der Waals surface area (Å²) in [5, 5.41) is 11.2. The lowest BCUT2D eigenvalue weighted by atomic mass is 9.92. The fraction of sp³-hybridized carbons (Fsp3) is 0. The van der Waals surface area contributed by atoms with E-state index < -0.39 is 0 Å². The van der Waals surface area contributed by atoms with Gasteiger partial charge in [-0.2, -0.15) is 0 Å². The first kappa shape index (κ1) is 34.5. The molecule has 3 aromatic heterocycles. The molecule has 13 rings (SSSR count). The highest BCUT2D eigenvalue weighted by molar-refractivity contribution is 6.16. The van der Waals surface area contributed by atoms with Crippen LogP contribution in [0.25, 0.3) is 133 Å². The molecule has 0 unspecified atom stereocenters. The lowest BCUT2D eigenvalue weighted by molar-refractivity contribution is 0.669. The van der Waals surface area contributed by atoms with Gasteiger partial charge >= 0.3 is 0 Å². The molecule has 0 bridgehead atoms. The first-order valence-electron chi connectivity index (χ1n) is 20.8. The van der Waals surface area contributed by atoms with Crippen LogP contribution in [-0.2, 0) is 0 Å². The van der Waals surface area contributed by atoms with Crippen molar-refractivity contribution >= 4 is 76.2 Å². The second-order valence-electron chi connectivity index (χ2n) is 15.9. The van der Waals surface area contributed by atoms with Crippen LogP contribution in [0.15, 0.2) is 209 Å². The molecule has 13 aromatic rings. The van der Waals surface area contributed by atoms with Crippen LogP contribution >= 0.6 is 0 Å². The molecular weight excluding hydrogens is 759 g/mol. The normalized spacial score (nSPS) is 11.9. The molecule has 0 amide bonds. The molecule has 0 N–H and O–H groups in total. The second kappa shape index (κ2) is 13.6. The van der Waals surface area contributed by atoms with Crippen LogP contribution < -0.4 is 0 Å². The predicted molar refractivity (Wildman–Crippen MR) is 254 cm³/mol. The summed E-state index contributed by atoms with van der Waals surface area (Å²) in [4.78, 5) is 15.7. The summed E-state index contributed by atoms with van der Waals surface area (Å²) in [6.45, 7) is 0. The van der Waals surface area contributed by atoms with Crippen LogP contribution in [0.3, 0.4) is 0 Å². The van der Waals surface area contributed by atoms with Crippen molar-refractivity contribution in [2.24, 2.45) is 0 Å². The Morgan fingerprint density at radius 3 is 1.65 bits per heavy atom. The number of hydrogen-bond acceptors (Lipinski definition) is 5. The van der Waals surface area contributed by atoms with Crippen LogP contribution in [0, 0.1) is 0 Å². The maximum Gasteiger partial charge on any atom is 0.164 e. The van der Waals surface area contributed by atoms with Gasteiger partial charge in [0, 0.05) is 38.2 Å². The summed E-state index contributed by atoms with van der Waals surface area (Å²) in [6, 6.07) is 70.0. The Labute approximate surface area is 355 Å². The fourth-order valence-corrected chi connectivity index (χ4v) is 9.27. The van der Waals surface area contributed by atoms with E-state index in [2.05, 4.69) is 170 Å². The van der Waals surface area contributed by atoms with Gasteiger partial charge in [-0.3, -0.25) is 0 Å². The number of para-hydroxylation sites is 2. The average molecular weight is 792 g/mol. The third kappa shape index (κ3) is 5.52. The molecule has 288 valence electrons.